The van der Waals surface area contributed by atoms with E-state index >= 15 is 0 Å². The summed E-state index contributed by atoms with van der Waals surface area (Å²) < 4.78 is 14.9. The third-order valence-corrected chi connectivity index (χ3v) is 2.74. The molecule has 2 aromatic rings. The van der Waals surface area contributed by atoms with Crippen LogP contribution in [-0.4, -0.2) is 27.6 Å². The molecule has 2 aromatic heterocycles. The number of methoxy groups -OCH3 is 1. The first-order valence-electron chi connectivity index (χ1n) is 5.08. The Hall–Kier alpha value is -1.96. The van der Waals surface area contributed by atoms with Gasteiger partial charge in [-0.15, -0.1) is 0 Å². The summed E-state index contributed by atoms with van der Waals surface area (Å²) in [6.07, 6.45) is 0.703. The van der Waals surface area contributed by atoms with Crippen LogP contribution in [0, 0.1) is 0 Å². The summed E-state index contributed by atoms with van der Waals surface area (Å²) in [7, 11) is 1.59. The van der Waals surface area contributed by atoms with Gasteiger partial charge in [0.2, 0.25) is 17.3 Å². The number of ether oxygens (including phenoxy) is 1. The fourth-order valence-corrected chi connectivity index (χ4v) is 1.27. The topological polar surface area (TPSA) is 113 Å². The maximum absolute atomic E-state index is 5.53. The predicted octanol–water partition coefficient (Wildman–Crippen LogP) is 0.973. The summed E-state index contributed by atoms with van der Waals surface area (Å²) >= 11 is 0. The van der Waals surface area contributed by atoms with Crippen LogP contribution >= 0.6 is 0 Å². The van der Waals surface area contributed by atoms with E-state index in [-0.39, 0.29) is 17.4 Å². The first-order valence-corrected chi connectivity index (χ1v) is 5.08. The van der Waals surface area contributed by atoms with Crippen LogP contribution in [0.4, 0.5) is 5.82 Å². The van der Waals surface area contributed by atoms with E-state index in [2.05, 4.69) is 25.1 Å². The Balaban J connectivity index is 2.37. The molecule has 0 aliphatic rings. The summed E-state index contributed by atoms with van der Waals surface area (Å²) in [6, 6.07) is 0. The monoisotopic (exact) mass is 239 g/mol. The number of aromatic nitrogens is 4. The highest BCUT2D eigenvalue weighted by molar-refractivity contribution is 5.60. The van der Waals surface area contributed by atoms with Crippen molar-refractivity contribution in [3.8, 4) is 11.6 Å². The molecule has 0 aliphatic carbocycles. The Morgan fingerprint density at radius 3 is 2.65 bits per heavy atom. The van der Waals surface area contributed by atoms with E-state index in [9.17, 15) is 0 Å². The number of nitrogens with two attached hydrogens (primary N) is 1. The Bertz CT molecular complexity index is 502. The van der Waals surface area contributed by atoms with Crippen LogP contribution in [0.1, 0.15) is 26.1 Å². The van der Waals surface area contributed by atoms with Gasteiger partial charge in [0.25, 0.3) is 5.89 Å². The molecule has 8 nitrogen and oxygen atoms in total. The zero-order valence-electron chi connectivity index (χ0n) is 9.80. The fourth-order valence-electron chi connectivity index (χ4n) is 1.27. The minimum atomic E-state index is -0.603. The first kappa shape index (κ1) is 11.5. The van der Waals surface area contributed by atoms with Gasteiger partial charge in [-0.2, -0.15) is 4.98 Å². The van der Waals surface area contributed by atoms with Crippen molar-refractivity contribution in [3.63, 3.8) is 0 Å². The minimum absolute atomic E-state index is 0.107. The quantitative estimate of drug-likeness (QED) is 0.839. The van der Waals surface area contributed by atoms with E-state index in [4.69, 9.17) is 15.0 Å². The Morgan fingerprint density at radius 1 is 1.35 bits per heavy atom. The molecule has 92 valence electrons. The van der Waals surface area contributed by atoms with Crippen molar-refractivity contribution in [1.29, 1.82) is 0 Å². The largest absolute Gasteiger partial charge is 0.379 e. The van der Waals surface area contributed by atoms with Crippen molar-refractivity contribution >= 4 is 5.82 Å². The first-order chi connectivity index (χ1) is 8.10. The van der Waals surface area contributed by atoms with Crippen LogP contribution in [0.3, 0.4) is 0 Å². The lowest BCUT2D eigenvalue weighted by Crippen LogP contribution is -2.24. The number of nitrogens with zero attached hydrogens (tertiary/aromatic N) is 4. The Labute approximate surface area is 97.1 Å². The SMILES string of the molecule is CCC(C)(OC)c1noc(-c2nonc2N)n1. The second-order valence-corrected chi connectivity index (χ2v) is 3.71. The maximum Gasteiger partial charge on any atom is 0.284 e. The molecule has 0 aliphatic heterocycles. The van der Waals surface area contributed by atoms with Gasteiger partial charge in [-0.1, -0.05) is 12.1 Å². The van der Waals surface area contributed by atoms with E-state index in [1.165, 1.54) is 0 Å². The predicted molar refractivity (Wildman–Crippen MR) is 56.7 cm³/mol. The molecule has 0 spiro atoms. The fraction of sp³-hybridized carbons (Fsp3) is 0.556. The van der Waals surface area contributed by atoms with Gasteiger partial charge in [0, 0.05) is 7.11 Å². The third kappa shape index (κ3) is 1.86. The smallest absolute Gasteiger partial charge is 0.284 e. The van der Waals surface area contributed by atoms with Crippen LogP contribution in [0.2, 0.25) is 0 Å². The van der Waals surface area contributed by atoms with Crippen molar-refractivity contribution < 1.29 is 13.9 Å². The average Bonchev–Trinajstić information content (AvgIpc) is 2.96. The average molecular weight is 239 g/mol. The van der Waals surface area contributed by atoms with E-state index in [1.54, 1.807) is 7.11 Å². The summed E-state index contributed by atoms with van der Waals surface area (Å²) in [4.78, 5) is 4.18. The third-order valence-electron chi connectivity index (χ3n) is 2.74. The Morgan fingerprint density at radius 2 is 2.12 bits per heavy atom. The highest BCUT2D eigenvalue weighted by Gasteiger charge is 2.31. The molecule has 1 atom stereocenters. The van der Waals surface area contributed by atoms with E-state index in [0.717, 1.165) is 0 Å². The molecule has 0 aromatic carbocycles. The molecule has 8 heteroatoms. The molecular weight excluding hydrogens is 226 g/mol. The van der Waals surface area contributed by atoms with Crippen LogP contribution in [-0.2, 0) is 10.3 Å². The highest BCUT2D eigenvalue weighted by atomic mass is 16.6. The van der Waals surface area contributed by atoms with Crippen molar-refractivity contribution in [2.75, 3.05) is 12.8 Å². The van der Waals surface area contributed by atoms with Crippen molar-refractivity contribution in [1.82, 2.24) is 20.5 Å². The second kappa shape index (κ2) is 4.13. The lowest BCUT2D eigenvalue weighted by atomic mass is 10.0. The van der Waals surface area contributed by atoms with Gasteiger partial charge in [0.1, 0.15) is 5.60 Å². The number of anilines is 1. The normalized spacial score (nSPS) is 14.8. The summed E-state index contributed by atoms with van der Waals surface area (Å²) in [6.45, 7) is 3.83. The van der Waals surface area contributed by atoms with Crippen LogP contribution in [0.25, 0.3) is 11.6 Å². The van der Waals surface area contributed by atoms with Gasteiger partial charge in [-0.05, 0) is 23.7 Å². The molecule has 0 amide bonds. The van der Waals surface area contributed by atoms with Crippen LogP contribution in [0.15, 0.2) is 9.15 Å². The van der Waals surface area contributed by atoms with Gasteiger partial charge < -0.3 is 15.0 Å². The minimum Gasteiger partial charge on any atom is -0.379 e. The van der Waals surface area contributed by atoms with Crippen molar-refractivity contribution in [2.45, 2.75) is 25.9 Å². The molecule has 2 rings (SSSR count). The van der Waals surface area contributed by atoms with Gasteiger partial charge >= 0.3 is 0 Å². The number of hydrogen-bond acceptors (Lipinski definition) is 8. The molecule has 0 radical (unpaired) electrons. The highest BCUT2D eigenvalue weighted by Crippen LogP contribution is 2.28. The molecule has 1 unspecified atom stereocenters. The number of nitrogen functional groups attached to an aromatic ring is 1. The van der Waals surface area contributed by atoms with E-state index in [1.807, 2.05) is 13.8 Å². The van der Waals surface area contributed by atoms with Crippen LogP contribution < -0.4 is 5.73 Å². The van der Waals surface area contributed by atoms with Gasteiger partial charge in [-0.3, -0.25) is 0 Å². The van der Waals surface area contributed by atoms with Gasteiger partial charge in [-0.25, -0.2) is 4.63 Å². The second-order valence-electron chi connectivity index (χ2n) is 3.71. The molecule has 0 bridgehead atoms. The zero-order valence-corrected chi connectivity index (χ0v) is 9.80. The summed E-state index contributed by atoms with van der Waals surface area (Å²) in [5.74, 6) is 0.700. The molecule has 2 N–H and O–H groups in total. The summed E-state index contributed by atoms with van der Waals surface area (Å²) in [5, 5.41) is 10.9. The zero-order chi connectivity index (χ0) is 12.5. The maximum atomic E-state index is 5.53. The standard InChI is InChI=1S/C9H13N5O3/c1-4-9(2,15-3)8-11-7(16-14-8)5-6(10)13-17-12-5/h4H2,1-3H3,(H2,10,13). The molecule has 0 fully saturated rings. The van der Waals surface area contributed by atoms with E-state index < -0.39 is 5.60 Å². The molecular formula is C9H13N5O3. The van der Waals surface area contributed by atoms with Crippen molar-refractivity contribution in [3.05, 3.63) is 5.82 Å². The van der Waals surface area contributed by atoms with E-state index in [0.29, 0.717) is 12.2 Å². The van der Waals surface area contributed by atoms with Gasteiger partial charge in [0.05, 0.1) is 0 Å². The lowest BCUT2D eigenvalue weighted by molar-refractivity contribution is -0.0106. The number of hydrogen-bond donors (Lipinski definition) is 1. The molecule has 17 heavy (non-hydrogen) atoms. The van der Waals surface area contributed by atoms with Gasteiger partial charge in [0.15, 0.2) is 0 Å². The molecule has 0 saturated heterocycles. The lowest BCUT2D eigenvalue weighted by Gasteiger charge is -2.21. The molecule has 0 saturated carbocycles. The Kier molecular flexibility index (Phi) is 2.80. The summed E-state index contributed by atoms with van der Waals surface area (Å²) in [5.41, 5.74) is 5.16. The van der Waals surface area contributed by atoms with Crippen molar-refractivity contribution in [2.24, 2.45) is 0 Å². The molecule has 2 heterocycles. The van der Waals surface area contributed by atoms with Crippen LogP contribution in [0.5, 0.6) is 0 Å². The number of rotatable bonds is 4.